The number of hydrogen-bond acceptors (Lipinski definition) is 6. The highest BCUT2D eigenvalue weighted by Crippen LogP contribution is 2.32. The molecule has 3 aromatic rings. The average molecular weight is 453 g/mol. The van der Waals surface area contributed by atoms with Gasteiger partial charge in [0.05, 0.1) is 18.2 Å². The van der Waals surface area contributed by atoms with E-state index in [1.807, 2.05) is 6.07 Å². The number of carboxylic acids is 1. The van der Waals surface area contributed by atoms with Crippen molar-refractivity contribution in [3.63, 3.8) is 0 Å². The second-order valence-electron chi connectivity index (χ2n) is 8.14. The van der Waals surface area contributed by atoms with Gasteiger partial charge in [0.25, 0.3) is 11.5 Å². The molecular weight excluding hydrogens is 432 g/mol. The molecule has 0 bridgehead atoms. The quantitative estimate of drug-likeness (QED) is 0.607. The number of carboxylic acid groups (broad SMARTS) is 1. The van der Waals surface area contributed by atoms with Gasteiger partial charge in [0.15, 0.2) is 11.4 Å². The van der Waals surface area contributed by atoms with Crippen molar-refractivity contribution in [2.24, 2.45) is 0 Å². The van der Waals surface area contributed by atoms with Gasteiger partial charge in [-0.2, -0.15) is 5.26 Å². The highest BCUT2D eigenvalue weighted by Gasteiger charge is 2.40. The lowest BCUT2D eigenvalue weighted by Crippen LogP contribution is -2.30. The maximum atomic E-state index is 13.8. The van der Waals surface area contributed by atoms with Crippen molar-refractivity contribution in [3.8, 4) is 6.07 Å². The van der Waals surface area contributed by atoms with Crippen LogP contribution in [0.2, 0.25) is 0 Å². The maximum absolute atomic E-state index is 13.8. The molecule has 4 rings (SSSR count). The summed E-state index contributed by atoms with van der Waals surface area (Å²) in [6, 6.07) is 9.53. The van der Waals surface area contributed by atoms with Crippen molar-refractivity contribution in [2.45, 2.75) is 32.2 Å². The van der Waals surface area contributed by atoms with Crippen molar-refractivity contribution >= 4 is 23.1 Å². The lowest BCUT2D eigenvalue weighted by Gasteiger charge is -2.22. The fraction of sp³-hybridized carbons (Fsp3) is 0.304. The summed E-state index contributed by atoms with van der Waals surface area (Å²) in [4.78, 5) is 30.4. The first kappa shape index (κ1) is 22.2. The van der Waals surface area contributed by atoms with Crippen LogP contribution < -0.4 is 15.8 Å². The molecule has 1 aromatic carbocycles. The lowest BCUT2D eigenvalue weighted by atomic mass is 10.1. The van der Waals surface area contributed by atoms with Gasteiger partial charge in [-0.05, 0) is 37.6 Å². The first-order chi connectivity index (χ1) is 15.6. The number of rotatable bonds is 5. The Morgan fingerprint density at radius 1 is 1.36 bits per heavy atom. The second-order valence-corrected chi connectivity index (χ2v) is 8.14. The third-order valence-corrected chi connectivity index (χ3v) is 5.65. The number of nitrogens with one attached hydrogen (secondary N) is 1. The Balaban J connectivity index is 1.86. The number of nitriles is 1. The number of aromatic carboxylic acids is 1. The summed E-state index contributed by atoms with van der Waals surface area (Å²) in [7, 11) is 0. The minimum atomic E-state index is -2.93. The zero-order valence-corrected chi connectivity index (χ0v) is 18.0. The van der Waals surface area contributed by atoms with Gasteiger partial charge in [0, 0.05) is 30.4 Å². The number of para-hydroxylation sites is 1. The normalized spacial score (nSPS) is 15.9. The predicted octanol–water partition coefficient (Wildman–Crippen LogP) is 3.59. The smallest absolute Gasteiger partial charge is 0.337 e. The SMILES string of the molecule is Cc1cc([C@@H](C)Nc2ccccc2C(=O)O)c2nc(N3CCC(F)(F)C3)c(C#N)c(=O)n2c1. The number of hydrogen-bond donors (Lipinski definition) is 2. The summed E-state index contributed by atoms with van der Waals surface area (Å²) in [6.45, 7) is 2.91. The van der Waals surface area contributed by atoms with Crippen LogP contribution in [0.5, 0.6) is 0 Å². The van der Waals surface area contributed by atoms with Crippen molar-refractivity contribution in [3.05, 3.63) is 69.1 Å². The Kier molecular flexibility index (Phi) is 5.49. The monoisotopic (exact) mass is 453 g/mol. The molecule has 10 heteroatoms. The van der Waals surface area contributed by atoms with E-state index >= 15 is 0 Å². The molecular formula is C23H21F2N5O3. The molecule has 1 aliphatic rings. The van der Waals surface area contributed by atoms with Gasteiger partial charge in [-0.25, -0.2) is 18.6 Å². The summed E-state index contributed by atoms with van der Waals surface area (Å²) in [5, 5.41) is 22.2. The fourth-order valence-electron chi connectivity index (χ4n) is 4.06. The standard InChI is InChI=1S/C23H21F2N5O3/c1-13-9-16(14(2)27-18-6-4-3-5-15(18)22(32)33)20-28-19(29-8-7-23(24,25)12-29)17(10-26)21(31)30(20)11-13/h3-6,9,11,14,27H,7-8,12H2,1-2H3,(H,32,33)/t14-/m1/s1. The summed E-state index contributed by atoms with van der Waals surface area (Å²) in [5.41, 5.74) is 1.01. The van der Waals surface area contributed by atoms with Crippen LogP contribution in [0.4, 0.5) is 20.3 Å². The average Bonchev–Trinajstić information content (AvgIpc) is 3.13. The molecule has 8 nitrogen and oxygen atoms in total. The van der Waals surface area contributed by atoms with Gasteiger partial charge in [0.2, 0.25) is 0 Å². The Morgan fingerprint density at radius 3 is 2.73 bits per heavy atom. The molecule has 0 aliphatic carbocycles. The van der Waals surface area contributed by atoms with E-state index in [9.17, 15) is 28.7 Å². The third-order valence-electron chi connectivity index (χ3n) is 5.65. The molecule has 0 radical (unpaired) electrons. The topological polar surface area (TPSA) is 111 Å². The first-order valence-corrected chi connectivity index (χ1v) is 10.3. The molecule has 1 atom stereocenters. The number of aromatic nitrogens is 2. The summed E-state index contributed by atoms with van der Waals surface area (Å²) >= 11 is 0. The number of benzene rings is 1. The maximum Gasteiger partial charge on any atom is 0.337 e. The van der Waals surface area contributed by atoms with Crippen LogP contribution in [-0.2, 0) is 0 Å². The van der Waals surface area contributed by atoms with Crippen molar-refractivity contribution in [1.29, 1.82) is 5.26 Å². The molecule has 0 unspecified atom stereocenters. The molecule has 1 fully saturated rings. The van der Waals surface area contributed by atoms with E-state index in [0.29, 0.717) is 16.8 Å². The van der Waals surface area contributed by atoms with Gasteiger partial charge in [-0.1, -0.05) is 12.1 Å². The highest BCUT2D eigenvalue weighted by atomic mass is 19.3. The van der Waals surface area contributed by atoms with Crippen LogP contribution in [0.1, 0.15) is 46.4 Å². The van der Waals surface area contributed by atoms with E-state index in [0.717, 1.165) is 0 Å². The highest BCUT2D eigenvalue weighted by molar-refractivity contribution is 5.94. The number of anilines is 2. The minimum absolute atomic E-state index is 0.0225. The number of halogens is 2. The Hall–Kier alpha value is -4.00. The summed E-state index contributed by atoms with van der Waals surface area (Å²) < 4.78 is 28.9. The molecule has 2 N–H and O–H groups in total. The lowest BCUT2D eigenvalue weighted by molar-refractivity contribution is 0.0256. The van der Waals surface area contributed by atoms with Crippen LogP contribution >= 0.6 is 0 Å². The summed E-state index contributed by atoms with van der Waals surface area (Å²) in [6.07, 6.45) is 1.15. The van der Waals surface area contributed by atoms with Crippen molar-refractivity contribution < 1.29 is 18.7 Å². The number of alkyl halides is 2. The number of pyridine rings is 1. The molecule has 1 aliphatic heterocycles. The number of carbonyl (C=O) groups is 1. The predicted molar refractivity (Wildman–Crippen MR) is 118 cm³/mol. The van der Waals surface area contributed by atoms with E-state index in [-0.39, 0.29) is 35.6 Å². The van der Waals surface area contributed by atoms with E-state index in [2.05, 4.69) is 10.3 Å². The van der Waals surface area contributed by atoms with E-state index in [1.165, 1.54) is 21.6 Å². The fourth-order valence-corrected chi connectivity index (χ4v) is 4.06. The number of aryl methyl sites for hydroxylation is 1. The van der Waals surface area contributed by atoms with E-state index < -0.39 is 30.0 Å². The third kappa shape index (κ3) is 4.09. The van der Waals surface area contributed by atoms with Crippen LogP contribution in [0.15, 0.2) is 41.3 Å². The Labute approximate surface area is 187 Å². The van der Waals surface area contributed by atoms with Gasteiger partial charge in [0.1, 0.15) is 11.7 Å². The molecule has 0 spiro atoms. The first-order valence-electron chi connectivity index (χ1n) is 10.3. The number of fused-ring (bicyclic) bond motifs is 1. The van der Waals surface area contributed by atoms with Gasteiger partial charge in [-0.15, -0.1) is 0 Å². The molecule has 2 aromatic heterocycles. The zero-order valence-electron chi connectivity index (χ0n) is 18.0. The van der Waals surface area contributed by atoms with Crippen molar-refractivity contribution in [1.82, 2.24) is 9.38 Å². The molecule has 33 heavy (non-hydrogen) atoms. The van der Waals surface area contributed by atoms with E-state index in [4.69, 9.17) is 0 Å². The van der Waals surface area contributed by atoms with Crippen LogP contribution in [0, 0.1) is 18.3 Å². The van der Waals surface area contributed by atoms with E-state index in [1.54, 1.807) is 38.1 Å². The second kappa shape index (κ2) is 8.16. The van der Waals surface area contributed by atoms with Crippen molar-refractivity contribution in [2.75, 3.05) is 23.3 Å². The molecule has 1 saturated heterocycles. The number of nitrogens with zero attached hydrogens (tertiary/aromatic N) is 4. The molecule has 0 saturated carbocycles. The van der Waals surface area contributed by atoms with Crippen LogP contribution in [0.25, 0.3) is 5.65 Å². The Bertz CT molecular complexity index is 1360. The largest absolute Gasteiger partial charge is 0.478 e. The van der Waals surface area contributed by atoms with Gasteiger partial charge >= 0.3 is 5.97 Å². The Morgan fingerprint density at radius 2 is 2.09 bits per heavy atom. The van der Waals surface area contributed by atoms with Gasteiger partial charge < -0.3 is 15.3 Å². The summed E-state index contributed by atoms with van der Waals surface area (Å²) in [5.74, 6) is -4.09. The van der Waals surface area contributed by atoms with Crippen LogP contribution in [0.3, 0.4) is 0 Å². The molecule has 0 amide bonds. The zero-order chi connectivity index (χ0) is 23.9. The minimum Gasteiger partial charge on any atom is -0.478 e. The molecule has 3 heterocycles. The van der Waals surface area contributed by atoms with Crippen LogP contribution in [-0.4, -0.2) is 39.5 Å². The van der Waals surface area contributed by atoms with Gasteiger partial charge in [-0.3, -0.25) is 9.20 Å². The molecule has 170 valence electrons.